The van der Waals surface area contributed by atoms with E-state index in [-0.39, 0.29) is 28.3 Å². The van der Waals surface area contributed by atoms with Gasteiger partial charge in [-0.25, -0.2) is 0 Å². The first-order valence-corrected chi connectivity index (χ1v) is 14.1. The standard InChI is InChI=1S/C31H42N2O2S/c1-20-13-11-12-16-25(20)33-28(35)26(36-29(33)32-22-14-9-8-10-15-22)19-21-17-23(30(2,3)4)27(34)24(18-21)31(5,6)7/h8-10,14-15,17-20,25,29,32,34H,11-13,16H2,1-7H3/b26-19-/t20-,25+,29?/m1/s1. The lowest BCUT2D eigenvalue weighted by atomic mass is 9.78. The summed E-state index contributed by atoms with van der Waals surface area (Å²) < 4.78 is 0. The second-order valence-electron chi connectivity index (χ2n) is 12.5. The van der Waals surface area contributed by atoms with Gasteiger partial charge in [0.25, 0.3) is 5.91 Å². The average molecular weight is 507 g/mol. The monoisotopic (exact) mass is 506 g/mol. The van der Waals surface area contributed by atoms with Gasteiger partial charge in [0, 0.05) is 22.9 Å². The molecule has 0 spiro atoms. The molecule has 2 aliphatic rings. The summed E-state index contributed by atoms with van der Waals surface area (Å²) in [5.74, 6) is 0.954. The molecular weight excluding hydrogens is 464 g/mol. The molecule has 0 radical (unpaired) electrons. The second kappa shape index (κ2) is 10.2. The number of phenols is 1. The molecule has 4 rings (SSSR count). The molecular formula is C31H42N2O2S. The maximum Gasteiger partial charge on any atom is 0.262 e. The molecule has 1 aliphatic heterocycles. The summed E-state index contributed by atoms with van der Waals surface area (Å²) in [6, 6.07) is 14.5. The summed E-state index contributed by atoms with van der Waals surface area (Å²) in [7, 11) is 0. The summed E-state index contributed by atoms with van der Waals surface area (Å²) in [5, 5.41) is 14.8. The minimum absolute atomic E-state index is 0.106. The molecule has 1 unspecified atom stereocenters. The van der Waals surface area contributed by atoms with Gasteiger partial charge in [-0.1, -0.05) is 91.3 Å². The highest BCUT2D eigenvalue weighted by Gasteiger charge is 2.43. The summed E-state index contributed by atoms with van der Waals surface area (Å²) in [6.07, 6.45) is 6.66. The molecule has 36 heavy (non-hydrogen) atoms. The van der Waals surface area contributed by atoms with Crippen LogP contribution in [-0.2, 0) is 15.6 Å². The zero-order chi connectivity index (χ0) is 26.3. The van der Waals surface area contributed by atoms with Crippen molar-refractivity contribution in [3.05, 3.63) is 64.1 Å². The van der Waals surface area contributed by atoms with Gasteiger partial charge in [-0.3, -0.25) is 4.79 Å². The van der Waals surface area contributed by atoms with Crippen LogP contribution in [-0.4, -0.2) is 27.5 Å². The molecule has 4 nitrogen and oxygen atoms in total. The van der Waals surface area contributed by atoms with Crippen molar-refractivity contribution in [1.29, 1.82) is 0 Å². The SMILES string of the molecule is C[C@@H]1CCCC[C@@H]1N1C(=O)/C(=C/c2cc(C(C)(C)C)c(O)c(C(C)(C)C)c2)SC1Nc1ccccc1. The first kappa shape index (κ1) is 26.7. The number of phenolic OH excluding ortho intramolecular Hbond substituents is 1. The first-order valence-electron chi connectivity index (χ1n) is 13.3. The highest BCUT2D eigenvalue weighted by Crippen LogP contribution is 2.44. The fourth-order valence-corrected chi connectivity index (χ4v) is 6.61. The topological polar surface area (TPSA) is 52.6 Å². The number of carbonyl (C=O) groups is 1. The van der Waals surface area contributed by atoms with Crippen LogP contribution in [0, 0.1) is 5.92 Å². The van der Waals surface area contributed by atoms with Gasteiger partial charge in [0.15, 0.2) is 5.50 Å². The Balaban J connectivity index is 1.76. The van der Waals surface area contributed by atoms with Crippen molar-refractivity contribution in [2.45, 2.75) is 96.5 Å². The van der Waals surface area contributed by atoms with Crippen LogP contribution in [0.5, 0.6) is 5.75 Å². The molecule has 3 atom stereocenters. The van der Waals surface area contributed by atoms with E-state index in [1.165, 1.54) is 12.8 Å². The highest BCUT2D eigenvalue weighted by molar-refractivity contribution is 8.05. The van der Waals surface area contributed by atoms with Crippen LogP contribution in [0.2, 0.25) is 0 Å². The van der Waals surface area contributed by atoms with E-state index in [1.54, 1.807) is 11.8 Å². The zero-order valence-corrected chi connectivity index (χ0v) is 23.7. The van der Waals surface area contributed by atoms with Gasteiger partial charge in [0.2, 0.25) is 0 Å². The number of hydrogen-bond donors (Lipinski definition) is 2. The third-order valence-corrected chi connectivity index (χ3v) is 8.58. The van der Waals surface area contributed by atoms with Crippen LogP contribution in [0.1, 0.15) is 90.8 Å². The molecule has 0 bridgehead atoms. The van der Waals surface area contributed by atoms with E-state index in [4.69, 9.17) is 0 Å². The fraction of sp³-hybridized carbons (Fsp3) is 0.516. The normalized spacial score (nSPS) is 24.4. The summed E-state index contributed by atoms with van der Waals surface area (Å²) in [4.78, 5) is 16.8. The molecule has 5 heteroatoms. The largest absolute Gasteiger partial charge is 0.507 e. The fourth-order valence-electron chi connectivity index (χ4n) is 5.40. The summed E-state index contributed by atoms with van der Waals surface area (Å²) in [5.41, 5.74) is 3.24. The Morgan fingerprint density at radius 3 is 2.11 bits per heavy atom. The molecule has 1 heterocycles. The molecule has 2 aromatic rings. The van der Waals surface area contributed by atoms with E-state index in [9.17, 15) is 9.90 Å². The maximum atomic E-state index is 13.9. The number of aromatic hydroxyl groups is 1. The third-order valence-electron chi connectivity index (χ3n) is 7.47. The highest BCUT2D eigenvalue weighted by atomic mass is 32.2. The number of rotatable bonds is 4. The minimum Gasteiger partial charge on any atom is -0.507 e. The van der Waals surface area contributed by atoms with Crippen molar-refractivity contribution in [3.63, 3.8) is 0 Å². The molecule has 1 aliphatic carbocycles. The van der Waals surface area contributed by atoms with Crippen LogP contribution in [0.25, 0.3) is 6.08 Å². The number of anilines is 1. The van der Waals surface area contributed by atoms with E-state index in [0.717, 1.165) is 40.1 Å². The predicted molar refractivity (Wildman–Crippen MR) is 153 cm³/mol. The molecule has 1 saturated carbocycles. The molecule has 2 aromatic carbocycles. The zero-order valence-electron chi connectivity index (χ0n) is 22.9. The number of benzene rings is 2. The van der Waals surface area contributed by atoms with Gasteiger partial charge >= 0.3 is 0 Å². The number of para-hydroxylation sites is 1. The quantitative estimate of drug-likeness (QED) is 0.414. The minimum atomic E-state index is -0.216. The van der Waals surface area contributed by atoms with Crippen molar-refractivity contribution in [2.24, 2.45) is 5.92 Å². The molecule has 2 fully saturated rings. The van der Waals surface area contributed by atoms with E-state index in [1.807, 2.05) is 24.3 Å². The predicted octanol–water partition coefficient (Wildman–Crippen LogP) is 7.88. The maximum absolute atomic E-state index is 13.9. The van der Waals surface area contributed by atoms with Gasteiger partial charge in [0.1, 0.15) is 5.75 Å². The molecule has 194 valence electrons. The second-order valence-corrected chi connectivity index (χ2v) is 13.6. The molecule has 1 saturated heterocycles. The molecule has 1 amide bonds. The van der Waals surface area contributed by atoms with Crippen molar-refractivity contribution in [1.82, 2.24) is 4.90 Å². The number of nitrogens with one attached hydrogen (secondary N) is 1. The third kappa shape index (κ3) is 5.61. The Bertz CT molecular complexity index is 1090. The number of hydrogen-bond acceptors (Lipinski definition) is 4. The van der Waals surface area contributed by atoms with Crippen molar-refractivity contribution in [3.8, 4) is 5.75 Å². The number of carbonyl (C=O) groups excluding carboxylic acids is 1. The van der Waals surface area contributed by atoms with Crippen LogP contribution in [0.4, 0.5) is 5.69 Å². The van der Waals surface area contributed by atoms with Gasteiger partial charge in [-0.05, 0) is 65.5 Å². The van der Waals surface area contributed by atoms with E-state index < -0.39 is 0 Å². The van der Waals surface area contributed by atoms with Crippen LogP contribution >= 0.6 is 11.8 Å². The van der Waals surface area contributed by atoms with Crippen molar-refractivity contribution < 1.29 is 9.90 Å². The van der Waals surface area contributed by atoms with Crippen molar-refractivity contribution >= 4 is 29.4 Å². The van der Waals surface area contributed by atoms with Gasteiger partial charge in [-0.2, -0.15) is 0 Å². The molecule has 0 aromatic heterocycles. The Kier molecular flexibility index (Phi) is 7.52. The lowest BCUT2D eigenvalue weighted by Crippen LogP contribution is -2.48. The van der Waals surface area contributed by atoms with E-state index >= 15 is 0 Å². The Hall–Kier alpha value is -2.40. The first-order chi connectivity index (χ1) is 16.9. The average Bonchev–Trinajstić information content (AvgIpc) is 3.08. The Morgan fingerprint density at radius 2 is 1.56 bits per heavy atom. The smallest absolute Gasteiger partial charge is 0.262 e. The summed E-state index contributed by atoms with van der Waals surface area (Å²) in [6.45, 7) is 15.0. The van der Waals surface area contributed by atoms with E-state index in [0.29, 0.717) is 11.7 Å². The lowest BCUT2D eigenvalue weighted by molar-refractivity contribution is -0.129. The van der Waals surface area contributed by atoms with Crippen LogP contribution in [0.15, 0.2) is 47.4 Å². The van der Waals surface area contributed by atoms with Crippen molar-refractivity contribution in [2.75, 3.05) is 5.32 Å². The lowest BCUT2D eigenvalue weighted by Gasteiger charge is -2.39. The number of nitrogens with zero attached hydrogens (tertiary/aromatic N) is 1. The number of thioether (sulfide) groups is 1. The number of amides is 1. The van der Waals surface area contributed by atoms with E-state index in [2.05, 4.69) is 82.9 Å². The Morgan fingerprint density at radius 1 is 0.972 bits per heavy atom. The van der Waals surface area contributed by atoms with Gasteiger partial charge in [0.05, 0.1) is 4.91 Å². The van der Waals surface area contributed by atoms with Gasteiger partial charge < -0.3 is 15.3 Å². The van der Waals surface area contributed by atoms with Crippen LogP contribution in [0.3, 0.4) is 0 Å². The molecule has 2 N–H and O–H groups in total. The van der Waals surface area contributed by atoms with Gasteiger partial charge in [-0.15, -0.1) is 0 Å². The summed E-state index contributed by atoms with van der Waals surface area (Å²) >= 11 is 1.61. The Labute approximate surface area is 221 Å². The van der Waals surface area contributed by atoms with Crippen LogP contribution < -0.4 is 5.32 Å².